The van der Waals surface area contributed by atoms with Crippen molar-refractivity contribution in [3.05, 3.63) is 84.3 Å². The number of azo groups is 1. The van der Waals surface area contributed by atoms with Crippen LogP contribution in [0.5, 0.6) is 0 Å². The lowest BCUT2D eigenvalue weighted by Crippen LogP contribution is -2.05. The summed E-state index contributed by atoms with van der Waals surface area (Å²) in [6.45, 7) is 4.19. The standard InChI is InChI=1S/C23H18FN9.C2H6/c24-17-11-5-4-7-14(17)13-33-23-16(10-6-12-27-23)18(32-33)22-28-20(25)19(21(26)29-22)31-30-15-8-2-1-3-9-15;1-2/h1-12H,13H2,(H4,25,26,28,29);1-2H3. The minimum atomic E-state index is -0.323. The highest BCUT2D eigenvalue weighted by molar-refractivity contribution is 5.90. The zero-order chi connectivity index (χ0) is 24.8. The van der Waals surface area contributed by atoms with Crippen LogP contribution in [-0.4, -0.2) is 24.7 Å². The molecule has 0 bridgehead atoms. The van der Waals surface area contributed by atoms with Crippen LogP contribution in [0.1, 0.15) is 19.4 Å². The van der Waals surface area contributed by atoms with Gasteiger partial charge in [0.05, 0.1) is 17.6 Å². The van der Waals surface area contributed by atoms with Crippen molar-refractivity contribution in [3.63, 3.8) is 0 Å². The third-order valence-corrected chi connectivity index (χ3v) is 4.96. The zero-order valence-electron chi connectivity index (χ0n) is 19.3. The average Bonchev–Trinajstić information content (AvgIpc) is 3.25. The quantitative estimate of drug-likeness (QED) is 0.318. The number of anilines is 2. The van der Waals surface area contributed by atoms with Gasteiger partial charge in [0.25, 0.3) is 0 Å². The minimum absolute atomic E-state index is 0.0675. The van der Waals surface area contributed by atoms with Crippen LogP contribution in [0.2, 0.25) is 0 Å². The van der Waals surface area contributed by atoms with Gasteiger partial charge in [0.2, 0.25) is 0 Å². The third kappa shape index (κ3) is 4.96. The highest BCUT2D eigenvalue weighted by atomic mass is 19.1. The summed E-state index contributed by atoms with van der Waals surface area (Å²) >= 11 is 0. The lowest BCUT2D eigenvalue weighted by molar-refractivity contribution is 0.589. The maximum absolute atomic E-state index is 14.2. The Morgan fingerprint density at radius 1 is 0.857 bits per heavy atom. The fourth-order valence-corrected chi connectivity index (χ4v) is 3.37. The number of nitrogens with two attached hydrogens (primary N) is 2. The van der Waals surface area contributed by atoms with Gasteiger partial charge in [-0.15, -0.1) is 5.11 Å². The Morgan fingerprint density at radius 3 is 2.26 bits per heavy atom. The van der Waals surface area contributed by atoms with Gasteiger partial charge in [-0.3, -0.25) is 0 Å². The summed E-state index contributed by atoms with van der Waals surface area (Å²) in [5.41, 5.74) is 14.6. The van der Waals surface area contributed by atoms with Crippen LogP contribution in [0.15, 0.2) is 83.2 Å². The van der Waals surface area contributed by atoms with Crippen LogP contribution in [0.3, 0.4) is 0 Å². The first kappa shape index (κ1) is 23.4. The first-order valence-corrected chi connectivity index (χ1v) is 11.1. The van der Waals surface area contributed by atoms with E-state index in [9.17, 15) is 4.39 Å². The number of fused-ring (bicyclic) bond motifs is 1. The van der Waals surface area contributed by atoms with Gasteiger partial charge >= 0.3 is 0 Å². The third-order valence-electron chi connectivity index (χ3n) is 4.96. The molecule has 0 amide bonds. The molecule has 35 heavy (non-hydrogen) atoms. The molecule has 0 aliphatic rings. The lowest BCUT2D eigenvalue weighted by atomic mass is 10.2. The molecule has 0 spiro atoms. The summed E-state index contributed by atoms with van der Waals surface area (Å²) in [6.07, 6.45) is 1.64. The Morgan fingerprint density at radius 2 is 1.54 bits per heavy atom. The molecule has 0 radical (unpaired) electrons. The summed E-state index contributed by atoms with van der Waals surface area (Å²) in [6, 6.07) is 19.3. The van der Waals surface area contributed by atoms with Gasteiger partial charge in [-0.2, -0.15) is 10.2 Å². The number of hydrogen-bond acceptors (Lipinski definition) is 8. The molecule has 0 atom stereocenters. The first-order valence-electron chi connectivity index (χ1n) is 11.1. The van der Waals surface area contributed by atoms with E-state index in [1.165, 1.54) is 6.07 Å². The van der Waals surface area contributed by atoms with Crippen LogP contribution in [0.4, 0.5) is 27.4 Å². The predicted molar refractivity (Wildman–Crippen MR) is 135 cm³/mol. The van der Waals surface area contributed by atoms with Crippen LogP contribution in [0.25, 0.3) is 22.6 Å². The second-order valence-corrected chi connectivity index (χ2v) is 7.17. The fourth-order valence-electron chi connectivity index (χ4n) is 3.37. The summed E-state index contributed by atoms with van der Waals surface area (Å²) in [5.74, 6) is 0.0289. The Bertz CT molecular complexity index is 1460. The van der Waals surface area contributed by atoms with Gasteiger partial charge in [-0.05, 0) is 30.3 Å². The molecule has 5 aromatic rings. The molecule has 176 valence electrons. The number of hydrogen-bond donors (Lipinski definition) is 2. The molecular formula is C25H24FN9. The van der Waals surface area contributed by atoms with Gasteiger partial charge in [-0.1, -0.05) is 50.2 Å². The van der Waals surface area contributed by atoms with E-state index in [0.717, 1.165) is 0 Å². The molecule has 10 heteroatoms. The van der Waals surface area contributed by atoms with Crippen LogP contribution >= 0.6 is 0 Å². The van der Waals surface area contributed by atoms with E-state index >= 15 is 0 Å². The van der Waals surface area contributed by atoms with Crippen molar-refractivity contribution in [3.8, 4) is 11.5 Å². The molecule has 9 nitrogen and oxygen atoms in total. The largest absolute Gasteiger partial charge is 0.382 e. The van der Waals surface area contributed by atoms with E-state index in [0.29, 0.717) is 28.0 Å². The van der Waals surface area contributed by atoms with Crippen LogP contribution < -0.4 is 11.5 Å². The molecule has 2 aromatic carbocycles. The van der Waals surface area contributed by atoms with Crippen molar-refractivity contribution in [2.24, 2.45) is 10.2 Å². The highest BCUT2D eigenvalue weighted by Crippen LogP contribution is 2.32. The molecule has 0 saturated heterocycles. The van der Waals surface area contributed by atoms with Gasteiger partial charge < -0.3 is 11.5 Å². The number of nitrogen functional groups attached to an aromatic ring is 2. The van der Waals surface area contributed by atoms with Crippen molar-refractivity contribution in [2.75, 3.05) is 11.5 Å². The SMILES string of the molecule is CC.Nc1nc(-c2nn(Cc3ccccc3F)c3ncccc23)nc(N)c1N=Nc1ccccc1. The van der Waals surface area contributed by atoms with E-state index in [2.05, 4.69) is 30.3 Å². The smallest absolute Gasteiger partial charge is 0.184 e. The van der Waals surface area contributed by atoms with Crippen LogP contribution in [0, 0.1) is 5.82 Å². The Kier molecular flexibility index (Phi) is 7.01. The number of pyridine rings is 1. The van der Waals surface area contributed by atoms with Crippen molar-refractivity contribution < 1.29 is 4.39 Å². The molecule has 0 aliphatic carbocycles. The van der Waals surface area contributed by atoms with E-state index < -0.39 is 0 Å². The van der Waals surface area contributed by atoms with Gasteiger partial charge in [0.15, 0.2) is 28.8 Å². The monoisotopic (exact) mass is 469 g/mol. The van der Waals surface area contributed by atoms with E-state index in [4.69, 9.17) is 11.5 Å². The molecule has 3 aromatic heterocycles. The van der Waals surface area contributed by atoms with E-state index in [-0.39, 0.29) is 35.5 Å². The Balaban J connectivity index is 0.00000141. The summed E-state index contributed by atoms with van der Waals surface area (Å²) < 4.78 is 15.8. The maximum atomic E-state index is 14.2. The highest BCUT2D eigenvalue weighted by Gasteiger charge is 2.19. The van der Waals surface area contributed by atoms with Crippen molar-refractivity contribution >= 4 is 34.0 Å². The molecule has 0 saturated carbocycles. The maximum Gasteiger partial charge on any atom is 0.184 e. The van der Waals surface area contributed by atoms with Crippen molar-refractivity contribution in [1.29, 1.82) is 0 Å². The van der Waals surface area contributed by atoms with E-state index in [1.807, 2.05) is 38.1 Å². The minimum Gasteiger partial charge on any atom is -0.382 e. The van der Waals surface area contributed by atoms with Gasteiger partial charge in [0.1, 0.15) is 11.5 Å². The summed E-state index contributed by atoms with van der Waals surface area (Å²) in [4.78, 5) is 13.1. The number of nitrogens with zero attached hydrogens (tertiary/aromatic N) is 7. The van der Waals surface area contributed by atoms with Crippen molar-refractivity contribution in [2.45, 2.75) is 20.4 Å². The summed E-state index contributed by atoms with van der Waals surface area (Å²) in [5, 5.41) is 13.5. The fraction of sp³-hybridized carbons (Fsp3) is 0.120. The number of rotatable bonds is 5. The topological polar surface area (TPSA) is 133 Å². The Hall–Kier alpha value is -4.73. The van der Waals surface area contributed by atoms with Gasteiger partial charge in [0, 0.05) is 11.8 Å². The molecule has 0 unspecified atom stereocenters. The second kappa shape index (κ2) is 10.5. The predicted octanol–water partition coefficient (Wildman–Crippen LogP) is 5.68. The molecule has 0 aliphatic heterocycles. The number of benzene rings is 2. The van der Waals surface area contributed by atoms with Crippen molar-refractivity contribution in [1.82, 2.24) is 24.7 Å². The molecule has 0 fully saturated rings. The van der Waals surface area contributed by atoms with Crippen LogP contribution in [-0.2, 0) is 6.54 Å². The van der Waals surface area contributed by atoms with E-state index in [1.54, 1.807) is 47.3 Å². The molecular weight excluding hydrogens is 445 g/mol. The molecule has 4 N–H and O–H groups in total. The first-order chi connectivity index (χ1) is 17.1. The normalized spacial score (nSPS) is 10.9. The summed E-state index contributed by atoms with van der Waals surface area (Å²) in [7, 11) is 0. The molecule has 3 heterocycles. The van der Waals surface area contributed by atoms with Gasteiger partial charge in [-0.25, -0.2) is 24.0 Å². The average molecular weight is 470 g/mol. The second-order valence-electron chi connectivity index (χ2n) is 7.17. The number of halogens is 1. The zero-order valence-corrected chi connectivity index (χ0v) is 19.3. The lowest BCUT2D eigenvalue weighted by Gasteiger charge is -2.05. The number of aromatic nitrogens is 5. The molecule has 5 rings (SSSR count). The Labute approximate surface area is 201 Å².